The highest BCUT2D eigenvalue weighted by Crippen LogP contribution is 2.17. The van der Waals surface area contributed by atoms with Gasteiger partial charge in [-0.25, -0.2) is 0 Å². The highest BCUT2D eigenvalue weighted by Gasteiger charge is 2.15. The molecule has 5 radical (unpaired) electrons. The van der Waals surface area contributed by atoms with Crippen LogP contribution in [0.25, 0.3) is 0 Å². The van der Waals surface area contributed by atoms with Crippen molar-refractivity contribution >= 4 is 59.5 Å². The Morgan fingerprint density at radius 3 is 0.514 bits per heavy atom. The molecule has 0 fully saturated rings. The van der Waals surface area contributed by atoms with E-state index < -0.39 is 0 Å². The standard InChI is InChI=1S/C15H5N20/c1-16-6-26-7(17-1)32-9-19-3-21-11(28-9)34-13-23-5-25-15(30-13)35-14-24-4-22-12(29-14)33-10-20-2-18-8(27-10)31-6/h1-5H. The van der Waals surface area contributed by atoms with Gasteiger partial charge in [-0.2, -0.15) is 101 Å². The molecule has 6 rings (SSSR count). The molecule has 10 bridgehead atoms. The Morgan fingerprint density at radius 1 is 0.229 bits per heavy atom. The van der Waals surface area contributed by atoms with Gasteiger partial charge in [0, 0.05) is 0 Å². The van der Waals surface area contributed by atoms with Crippen LogP contribution in [0.15, 0.2) is 31.6 Å². The number of hydrogen-bond donors (Lipinski definition) is 0. The van der Waals surface area contributed by atoms with E-state index in [-0.39, 0.29) is 59.5 Å². The predicted molar refractivity (Wildman–Crippen MR) is 106 cm³/mol. The normalized spacial score (nSPS) is 12.0. The Balaban J connectivity index is 1.41. The number of hydrogen-bond acceptors (Lipinski definition) is 15. The summed E-state index contributed by atoms with van der Waals surface area (Å²) >= 11 is 0. The molecule has 0 N–H and O–H groups in total. The minimum atomic E-state index is -0.0248. The summed E-state index contributed by atoms with van der Waals surface area (Å²) in [7, 11) is 0. The second-order valence-electron chi connectivity index (χ2n) is 5.99. The van der Waals surface area contributed by atoms with Gasteiger partial charge in [-0.05, 0) is 0 Å². The first-order valence-electron chi connectivity index (χ1n) is 9.29. The van der Waals surface area contributed by atoms with Crippen molar-refractivity contribution in [2.75, 3.05) is 0 Å². The predicted octanol–water partition coefficient (Wildman–Crippen LogP) is -1.24. The van der Waals surface area contributed by atoms with E-state index in [9.17, 15) is 0 Å². The van der Waals surface area contributed by atoms with E-state index >= 15 is 0 Å². The molecule has 0 saturated heterocycles. The Kier molecular flexibility index (Phi) is 4.81. The number of rotatable bonds is 0. The molecule has 5 aromatic heterocycles. The summed E-state index contributed by atoms with van der Waals surface area (Å²) in [4.78, 5) is 60.2. The second-order valence-corrected chi connectivity index (χ2v) is 5.99. The lowest BCUT2D eigenvalue weighted by Crippen LogP contribution is -2.09. The SMILES string of the molecule is c1nc2nc(n1)[N]c1ncnc(n1)[N]c1ncnc(n1)[N]c1ncnc(n1)[N]c1ncnc(n1)[N]2. The van der Waals surface area contributed by atoms with Gasteiger partial charge in [-0.15, -0.1) is 0 Å². The fourth-order valence-electron chi connectivity index (χ4n) is 2.38. The van der Waals surface area contributed by atoms with Gasteiger partial charge >= 0.3 is 0 Å². The molecule has 1 aliphatic rings. The molecule has 0 atom stereocenters. The molecule has 20 nitrogen and oxygen atoms in total. The molecule has 165 valence electrons. The van der Waals surface area contributed by atoms with E-state index in [2.05, 4.69) is 101 Å². The zero-order chi connectivity index (χ0) is 23.5. The van der Waals surface area contributed by atoms with E-state index in [0.29, 0.717) is 0 Å². The molecule has 1 aliphatic heterocycles. The Bertz CT molecular complexity index is 1160. The monoisotopic (exact) mass is 465 g/mol. The first-order valence-corrected chi connectivity index (χ1v) is 9.29. The van der Waals surface area contributed by atoms with Crippen LogP contribution >= 0.6 is 0 Å². The van der Waals surface area contributed by atoms with E-state index in [4.69, 9.17) is 0 Å². The maximum absolute atomic E-state index is 4.14. The van der Waals surface area contributed by atoms with E-state index in [1.165, 1.54) is 31.6 Å². The lowest BCUT2D eigenvalue weighted by atomic mass is 10.7. The average Bonchev–Trinajstić information content (AvgIpc) is 2.85. The van der Waals surface area contributed by atoms with Crippen molar-refractivity contribution in [1.29, 1.82) is 0 Å². The third kappa shape index (κ3) is 4.64. The molecule has 0 amide bonds. The van der Waals surface area contributed by atoms with Crippen molar-refractivity contribution in [3.8, 4) is 0 Å². The van der Waals surface area contributed by atoms with Gasteiger partial charge in [0.1, 0.15) is 31.6 Å². The lowest BCUT2D eigenvalue weighted by Gasteiger charge is -2.05. The maximum Gasteiger partial charge on any atom is 0.257 e. The average molecular weight is 465 g/mol. The maximum atomic E-state index is 4.14. The largest absolute Gasteiger partial charge is 0.257 e. The molecule has 5 aromatic rings. The van der Waals surface area contributed by atoms with Crippen molar-refractivity contribution < 1.29 is 0 Å². The summed E-state index contributed by atoms with van der Waals surface area (Å²) in [5, 5.41) is 20.7. The van der Waals surface area contributed by atoms with Gasteiger partial charge in [0.25, 0.3) is 59.5 Å². The summed E-state index contributed by atoms with van der Waals surface area (Å²) in [5.41, 5.74) is 0. The zero-order valence-electron chi connectivity index (χ0n) is 16.8. The molecule has 0 saturated carbocycles. The van der Waals surface area contributed by atoms with Crippen molar-refractivity contribution in [3.63, 3.8) is 0 Å². The van der Waals surface area contributed by atoms with Crippen molar-refractivity contribution in [3.05, 3.63) is 31.6 Å². The third-order valence-electron chi connectivity index (χ3n) is 3.73. The summed E-state index contributed by atoms with van der Waals surface area (Å²) in [6.45, 7) is 0. The Hall–Kier alpha value is -5.95. The topological polar surface area (TPSA) is 264 Å². The Morgan fingerprint density at radius 2 is 0.371 bits per heavy atom. The van der Waals surface area contributed by atoms with Crippen LogP contribution < -0.4 is 26.6 Å². The molecular formula is C15H5N20. The third-order valence-corrected chi connectivity index (χ3v) is 3.73. The number of aromatic nitrogens is 15. The summed E-state index contributed by atoms with van der Waals surface area (Å²) < 4.78 is 0. The smallest absolute Gasteiger partial charge is 0.199 e. The molecule has 0 aromatic carbocycles. The molecular weight excluding hydrogens is 460 g/mol. The first-order chi connectivity index (χ1) is 17.2. The van der Waals surface area contributed by atoms with Crippen molar-refractivity contribution in [2.45, 2.75) is 0 Å². The number of fused-ring (bicyclic) bond motifs is 10. The van der Waals surface area contributed by atoms with Crippen molar-refractivity contribution in [2.24, 2.45) is 0 Å². The van der Waals surface area contributed by atoms with E-state index in [0.717, 1.165) is 0 Å². The summed E-state index contributed by atoms with van der Waals surface area (Å²) in [6.07, 6.45) is 6.03. The lowest BCUT2D eigenvalue weighted by molar-refractivity contribution is 0.819. The highest BCUT2D eigenvalue weighted by atomic mass is 15.3. The molecule has 35 heavy (non-hydrogen) atoms. The summed E-state index contributed by atoms with van der Waals surface area (Å²) in [5.74, 6) is -0.248. The van der Waals surface area contributed by atoms with Gasteiger partial charge in [-0.3, -0.25) is 0 Å². The van der Waals surface area contributed by atoms with Crippen LogP contribution in [0.1, 0.15) is 0 Å². The number of nitrogens with zero attached hydrogens (tertiary/aromatic N) is 20. The van der Waals surface area contributed by atoms with Crippen molar-refractivity contribution in [1.82, 2.24) is 101 Å². The van der Waals surface area contributed by atoms with Crippen LogP contribution in [0.3, 0.4) is 0 Å². The molecule has 6 heterocycles. The van der Waals surface area contributed by atoms with E-state index in [1.54, 1.807) is 0 Å². The minimum Gasteiger partial charge on any atom is -0.199 e. The van der Waals surface area contributed by atoms with Crippen LogP contribution in [0.2, 0.25) is 0 Å². The fourth-order valence-corrected chi connectivity index (χ4v) is 2.38. The van der Waals surface area contributed by atoms with Crippen LogP contribution in [-0.4, -0.2) is 74.8 Å². The van der Waals surface area contributed by atoms with Crippen LogP contribution in [0.4, 0.5) is 59.5 Å². The second kappa shape index (κ2) is 8.53. The van der Waals surface area contributed by atoms with Gasteiger partial charge in [0.2, 0.25) is 0 Å². The highest BCUT2D eigenvalue weighted by molar-refractivity contribution is 5.40. The minimum absolute atomic E-state index is 0.0248. The molecule has 0 spiro atoms. The van der Waals surface area contributed by atoms with Gasteiger partial charge in [-0.1, -0.05) is 0 Å². The zero-order valence-corrected chi connectivity index (χ0v) is 16.8. The van der Waals surface area contributed by atoms with Gasteiger partial charge < -0.3 is 0 Å². The quantitative estimate of drug-likeness (QED) is 0.254. The fraction of sp³-hybridized carbons (Fsp3) is 0. The van der Waals surface area contributed by atoms with E-state index in [1.807, 2.05) is 0 Å². The first kappa shape index (κ1) is 19.7. The molecule has 0 unspecified atom stereocenters. The van der Waals surface area contributed by atoms with Gasteiger partial charge in [0.15, 0.2) is 0 Å². The van der Waals surface area contributed by atoms with Crippen LogP contribution in [0, 0.1) is 0 Å². The summed E-state index contributed by atoms with van der Waals surface area (Å²) in [6, 6.07) is 0. The Labute approximate surface area is 193 Å². The molecule has 20 heteroatoms. The van der Waals surface area contributed by atoms with Crippen LogP contribution in [-0.2, 0) is 0 Å². The molecule has 0 aliphatic carbocycles. The van der Waals surface area contributed by atoms with Gasteiger partial charge in [0.05, 0.1) is 0 Å². The van der Waals surface area contributed by atoms with Crippen LogP contribution in [0.5, 0.6) is 0 Å².